The Labute approximate surface area is 197 Å². The fraction of sp³-hybridized carbons (Fsp3) is 0.357. The first kappa shape index (κ1) is 24.6. The van der Waals surface area contributed by atoms with Crippen LogP contribution in [-0.2, 0) is 13.2 Å². The zero-order valence-electron chi connectivity index (χ0n) is 20.2. The van der Waals surface area contributed by atoms with Gasteiger partial charge >= 0.3 is 0 Å². The SMILES string of the molecule is COc1cc(OCc2cccc(-c3ccccc3)c2C)cc(OC)c1CN[C@@H](CO)C(C)C. The molecule has 3 aromatic rings. The van der Waals surface area contributed by atoms with Crippen molar-refractivity contribution in [2.75, 3.05) is 20.8 Å². The van der Waals surface area contributed by atoms with Crippen LogP contribution in [-0.4, -0.2) is 32.0 Å². The standard InChI is InChI=1S/C28H35NO4/c1-19(2)26(17-30)29-16-25-27(31-4)14-23(15-28(25)32-5)33-18-22-12-9-13-24(20(22)3)21-10-7-6-8-11-21/h6-15,19,26,29-30H,16-18H2,1-5H3/t26-/m0/s1. The molecule has 0 bridgehead atoms. The number of rotatable bonds is 11. The highest BCUT2D eigenvalue weighted by Gasteiger charge is 2.17. The summed E-state index contributed by atoms with van der Waals surface area (Å²) in [5.74, 6) is 2.36. The maximum Gasteiger partial charge on any atom is 0.130 e. The van der Waals surface area contributed by atoms with E-state index in [9.17, 15) is 5.11 Å². The zero-order valence-corrected chi connectivity index (χ0v) is 20.2. The molecule has 0 heterocycles. The maximum absolute atomic E-state index is 9.62. The highest BCUT2D eigenvalue weighted by molar-refractivity contribution is 5.68. The largest absolute Gasteiger partial charge is 0.496 e. The van der Waals surface area contributed by atoms with E-state index in [0.29, 0.717) is 36.3 Å². The average molecular weight is 450 g/mol. The van der Waals surface area contributed by atoms with Crippen LogP contribution in [0.1, 0.15) is 30.5 Å². The molecule has 33 heavy (non-hydrogen) atoms. The Morgan fingerprint density at radius 1 is 0.909 bits per heavy atom. The van der Waals surface area contributed by atoms with E-state index in [1.54, 1.807) is 14.2 Å². The zero-order chi connectivity index (χ0) is 23.8. The molecule has 5 heteroatoms. The van der Waals surface area contributed by atoms with E-state index in [4.69, 9.17) is 14.2 Å². The normalized spacial score (nSPS) is 12.0. The molecule has 176 valence electrons. The second-order valence-corrected chi connectivity index (χ2v) is 8.46. The van der Waals surface area contributed by atoms with Crippen molar-refractivity contribution >= 4 is 0 Å². The van der Waals surface area contributed by atoms with Gasteiger partial charge in [0, 0.05) is 24.7 Å². The number of aliphatic hydroxyl groups excluding tert-OH is 1. The number of ether oxygens (including phenoxy) is 3. The molecule has 0 aliphatic heterocycles. The predicted molar refractivity (Wildman–Crippen MR) is 133 cm³/mol. The second-order valence-electron chi connectivity index (χ2n) is 8.46. The van der Waals surface area contributed by atoms with E-state index >= 15 is 0 Å². The number of methoxy groups -OCH3 is 2. The highest BCUT2D eigenvalue weighted by Crippen LogP contribution is 2.35. The number of hydrogen-bond acceptors (Lipinski definition) is 5. The molecule has 0 aliphatic carbocycles. The van der Waals surface area contributed by atoms with Gasteiger partial charge in [-0.3, -0.25) is 0 Å². The molecule has 0 radical (unpaired) electrons. The van der Waals surface area contributed by atoms with Gasteiger partial charge in [-0.2, -0.15) is 0 Å². The van der Waals surface area contributed by atoms with Gasteiger partial charge in [-0.05, 0) is 35.1 Å². The number of aliphatic hydroxyl groups is 1. The summed E-state index contributed by atoms with van der Waals surface area (Å²) in [5, 5.41) is 13.0. The van der Waals surface area contributed by atoms with Gasteiger partial charge in [-0.15, -0.1) is 0 Å². The van der Waals surface area contributed by atoms with Crippen LogP contribution in [0.3, 0.4) is 0 Å². The lowest BCUT2D eigenvalue weighted by Gasteiger charge is -2.22. The summed E-state index contributed by atoms with van der Waals surface area (Å²) in [7, 11) is 3.28. The maximum atomic E-state index is 9.62. The van der Waals surface area contributed by atoms with Crippen LogP contribution in [0.25, 0.3) is 11.1 Å². The Bertz CT molecular complexity index is 1010. The third kappa shape index (κ3) is 6.06. The smallest absolute Gasteiger partial charge is 0.130 e. The topological polar surface area (TPSA) is 60.0 Å². The van der Waals surface area contributed by atoms with Gasteiger partial charge in [0.2, 0.25) is 0 Å². The molecule has 0 spiro atoms. The first-order chi connectivity index (χ1) is 16.0. The molecule has 0 aliphatic rings. The summed E-state index contributed by atoms with van der Waals surface area (Å²) >= 11 is 0. The lowest BCUT2D eigenvalue weighted by Crippen LogP contribution is -2.36. The highest BCUT2D eigenvalue weighted by atomic mass is 16.5. The van der Waals surface area contributed by atoms with Crippen molar-refractivity contribution in [3.05, 3.63) is 77.4 Å². The van der Waals surface area contributed by atoms with E-state index in [1.165, 1.54) is 16.7 Å². The Hall–Kier alpha value is -3.02. The monoisotopic (exact) mass is 449 g/mol. The summed E-state index contributed by atoms with van der Waals surface area (Å²) in [6, 6.07) is 20.4. The number of nitrogens with one attached hydrogen (secondary N) is 1. The van der Waals surface area contributed by atoms with Crippen molar-refractivity contribution in [2.24, 2.45) is 5.92 Å². The third-order valence-corrected chi connectivity index (χ3v) is 6.05. The van der Waals surface area contributed by atoms with E-state index in [0.717, 1.165) is 11.1 Å². The third-order valence-electron chi connectivity index (χ3n) is 6.05. The summed E-state index contributed by atoms with van der Waals surface area (Å²) in [5.41, 5.74) is 5.63. The minimum atomic E-state index is -0.00444. The quantitative estimate of drug-likeness (QED) is 0.412. The van der Waals surface area contributed by atoms with Gasteiger partial charge in [-0.25, -0.2) is 0 Å². The Morgan fingerprint density at radius 3 is 2.15 bits per heavy atom. The molecule has 0 fully saturated rings. The first-order valence-corrected chi connectivity index (χ1v) is 11.3. The minimum Gasteiger partial charge on any atom is -0.496 e. The predicted octanol–water partition coefficient (Wildman–Crippen LogP) is 5.36. The van der Waals surface area contributed by atoms with Crippen LogP contribution in [0, 0.1) is 12.8 Å². The van der Waals surface area contributed by atoms with Crippen molar-refractivity contribution in [1.82, 2.24) is 5.32 Å². The second kappa shape index (κ2) is 11.7. The van der Waals surface area contributed by atoms with Crippen molar-refractivity contribution < 1.29 is 19.3 Å². The Morgan fingerprint density at radius 2 is 1.58 bits per heavy atom. The van der Waals surface area contributed by atoms with E-state index in [1.807, 2.05) is 18.2 Å². The number of benzene rings is 3. The minimum absolute atomic E-state index is 0.00444. The summed E-state index contributed by atoms with van der Waals surface area (Å²) in [6.45, 7) is 7.32. The van der Waals surface area contributed by atoms with Crippen molar-refractivity contribution in [3.8, 4) is 28.4 Å². The fourth-order valence-electron chi connectivity index (χ4n) is 3.89. The van der Waals surface area contributed by atoms with E-state index in [2.05, 4.69) is 68.6 Å². The molecule has 5 nitrogen and oxygen atoms in total. The molecule has 0 saturated carbocycles. The molecule has 3 rings (SSSR count). The van der Waals surface area contributed by atoms with Gasteiger partial charge in [0.1, 0.15) is 23.9 Å². The summed E-state index contributed by atoms with van der Waals surface area (Å²) < 4.78 is 17.5. The van der Waals surface area contributed by atoms with Crippen LogP contribution >= 0.6 is 0 Å². The molecule has 2 N–H and O–H groups in total. The van der Waals surface area contributed by atoms with Crippen LogP contribution in [0.2, 0.25) is 0 Å². The van der Waals surface area contributed by atoms with Crippen molar-refractivity contribution in [2.45, 2.75) is 40.0 Å². The first-order valence-electron chi connectivity index (χ1n) is 11.3. The Kier molecular flexibility index (Phi) is 8.75. The van der Waals surface area contributed by atoms with Gasteiger partial charge in [0.15, 0.2) is 0 Å². The van der Waals surface area contributed by atoms with E-state index < -0.39 is 0 Å². The van der Waals surface area contributed by atoms with Gasteiger partial charge < -0.3 is 24.6 Å². The van der Waals surface area contributed by atoms with Crippen LogP contribution in [0.4, 0.5) is 0 Å². The Balaban J connectivity index is 1.79. The summed E-state index contributed by atoms with van der Waals surface area (Å²) in [4.78, 5) is 0. The van der Waals surface area contributed by atoms with Crippen molar-refractivity contribution in [3.63, 3.8) is 0 Å². The molecule has 0 unspecified atom stereocenters. The average Bonchev–Trinajstić information content (AvgIpc) is 2.84. The van der Waals surface area contributed by atoms with Crippen LogP contribution < -0.4 is 19.5 Å². The van der Waals surface area contributed by atoms with Gasteiger partial charge in [0.05, 0.1) is 26.4 Å². The van der Waals surface area contributed by atoms with E-state index in [-0.39, 0.29) is 12.6 Å². The van der Waals surface area contributed by atoms with Crippen LogP contribution in [0.5, 0.6) is 17.2 Å². The number of hydrogen-bond donors (Lipinski definition) is 2. The molecule has 3 aromatic carbocycles. The molecule has 0 amide bonds. The van der Waals surface area contributed by atoms with Crippen LogP contribution in [0.15, 0.2) is 60.7 Å². The molecular formula is C28H35NO4. The fourth-order valence-corrected chi connectivity index (χ4v) is 3.89. The molecule has 0 saturated heterocycles. The lowest BCUT2D eigenvalue weighted by atomic mass is 9.97. The van der Waals surface area contributed by atoms with Gasteiger partial charge in [-0.1, -0.05) is 62.4 Å². The molecule has 1 atom stereocenters. The molecule has 0 aromatic heterocycles. The lowest BCUT2D eigenvalue weighted by molar-refractivity contribution is 0.209. The summed E-state index contributed by atoms with van der Waals surface area (Å²) in [6.07, 6.45) is 0. The van der Waals surface area contributed by atoms with Gasteiger partial charge in [0.25, 0.3) is 0 Å². The molecular weight excluding hydrogens is 414 g/mol. The van der Waals surface area contributed by atoms with Crippen molar-refractivity contribution in [1.29, 1.82) is 0 Å².